The highest BCUT2D eigenvalue weighted by Crippen LogP contribution is 2.11. The third kappa shape index (κ3) is 5.95. The Hall–Kier alpha value is -0.350. The van der Waals surface area contributed by atoms with E-state index in [4.69, 9.17) is 17.0 Å². The Balaban J connectivity index is 2.05. The van der Waals surface area contributed by atoms with Crippen molar-refractivity contribution in [2.45, 2.75) is 26.7 Å². The molecule has 1 saturated heterocycles. The van der Waals surface area contributed by atoms with Crippen LogP contribution in [0.4, 0.5) is 0 Å². The quantitative estimate of drug-likeness (QED) is 0.718. The lowest BCUT2D eigenvalue weighted by Gasteiger charge is -2.23. The van der Waals surface area contributed by atoms with E-state index in [9.17, 15) is 0 Å². The van der Waals surface area contributed by atoms with Gasteiger partial charge >= 0.3 is 0 Å². The Morgan fingerprint density at radius 3 is 2.87 bits per heavy atom. The van der Waals surface area contributed by atoms with Gasteiger partial charge in [0.05, 0.1) is 6.61 Å². The van der Waals surface area contributed by atoms with E-state index < -0.39 is 0 Å². The fourth-order valence-electron chi connectivity index (χ4n) is 1.56. The zero-order valence-electron chi connectivity index (χ0n) is 9.71. The van der Waals surface area contributed by atoms with Crippen molar-refractivity contribution >= 4 is 17.3 Å². The molecule has 0 saturated carbocycles. The third-order valence-electron chi connectivity index (χ3n) is 2.48. The molecule has 15 heavy (non-hydrogen) atoms. The molecule has 1 heterocycles. The van der Waals surface area contributed by atoms with E-state index in [1.54, 1.807) is 0 Å². The molecule has 0 bridgehead atoms. The summed E-state index contributed by atoms with van der Waals surface area (Å²) in [6.45, 7) is 8.01. The van der Waals surface area contributed by atoms with Gasteiger partial charge in [-0.05, 0) is 36.9 Å². The second-order valence-electron chi connectivity index (χ2n) is 4.57. The first-order chi connectivity index (χ1) is 7.18. The predicted molar refractivity (Wildman–Crippen MR) is 67.0 cm³/mol. The minimum atomic E-state index is 0.623. The Labute approximate surface area is 98.0 Å². The second-order valence-corrected chi connectivity index (χ2v) is 4.98. The van der Waals surface area contributed by atoms with Gasteiger partial charge in [-0.1, -0.05) is 13.8 Å². The molecule has 1 fully saturated rings. The molecular weight excluding hydrogens is 208 g/mol. The van der Waals surface area contributed by atoms with Crippen LogP contribution in [0.5, 0.6) is 0 Å². The van der Waals surface area contributed by atoms with E-state index in [1.807, 2.05) is 0 Å². The SMILES string of the molecule is CC(C)CNC(=S)NCC1CCCOC1. The van der Waals surface area contributed by atoms with Gasteiger partial charge in [-0.3, -0.25) is 0 Å². The number of nitrogens with one attached hydrogen (secondary N) is 2. The van der Waals surface area contributed by atoms with Crippen molar-refractivity contribution in [3.05, 3.63) is 0 Å². The Kier molecular flexibility index (Phi) is 5.95. The van der Waals surface area contributed by atoms with Gasteiger partial charge in [-0.15, -0.1) is 0 Å². The number of hydrogen-bond donors (Lipinski definition) is 2. The maximum atomic E-state index is 5.41. The Morgan fingerprint density at radius 1 is 1.47 bits per heavy atom. The molecule has 4 heteroatoms. The van der Waals surface area contributed by atoms with Crippen LogP contribution in [0.15, 0.2) is 0 Å². The topological polar surface area (TPSA) is 33.3 Å². The molecule has 0 aromatic heterocycles. The van der Waals surface area contributed by atoms with E-state index in [-0.39, 0.29) is 0 Å². The fraction of sp³-hybridized carbons (Fsp3) is 0.909. The monoisotopic (exact) mass is 230 g/mol. The normalized spacial score (nSPS) is 21.4. The Morgan fingerprint density at radius 2 is 2.27 bits per heavy atom. The minimum Gasteiger partial charge on any atom is -0.381 e. The van der Waals surface area contributed by atoms with Crippen LogP contribution >= 0.6 is 12.2 Å². The van der Waals surface area contributed by atoms with Gasteiger partial charge in [-0.25, -0.2) is 0 Å². The molecule has 0 aromatic rings. The second kappa shape index (κ2) is 7.01. The summed E-state index contributed by atoms with van der Waals surface area (Å²) >= 11 is 5.18. The molecule has 0 aromatic carbocycles. The summed E-state index contributed by atoms with van der Waals surface area (Å²) in [6, 6.07) is 0. The van der Waals surface area contributed by atoms with Gasteiger partial charge in [0.25, 0.3) is 0 Å². The van der Waals surface area contributed by atoms with Gasteiger partial charge in [0, 0.05) is 19.7 Å². The van der Waals surface area contributed by atoms with Crippen LogP contribution in [0.1, 0.15) is 26.7 Å². The van der Waals surface area contributed by atoms with Gasteiger partial charge in [-0.2, -0.15) is 0 Å². The molecule has 88 valence electrons. The van der Waals surface area contributed by atoms with Crippen LogP contribution in [0.3, 0.4) is 0 Å². The van der Waals surface area contributed by atoms with E-state index >= 15 is 0 Å². The van der Waals surface area contributed by atoms with Crippen molar-refractivity contribution in [3.8, 4) is 0 Å². The van der Waals surface area contributed by atoms with Gasteiger partial charge in [0.2, 0.25) is 0 Å². The zero-order chi connectivity index (χ0) is 11.1. The molecule has 2 N–H and O–H groups in total. The maximum Gasteiger partial charge on any atom is 0.166 e. The molecule has 0 spiro atoms. The first kappa shape index (κ1) is 12.7. The van der Waals surface area contributed by atoms with Crippen LogP contribution in [-0.2, 0) is 4.74 Å². The molecule has 1 atom stereocenters. The van der Waals surface area contributed by atoms with Crippen LogP contribution in [0.25, 0.3) is 0 Å². The van der Waals surface area contributed by atoms with Gasteiger partial charge in [0.15, 0.2) is 5.11 Å². The number of thiocarbonyl (C=S) groups is 1. The van der Waals surface area contributed by atoms with Crippen molar-refractivity contribution in [2.75, 3.05) is 26.3 Å². The highest BCUT2D eigenvalue weighted by atomic mass is 32.1. The molecule has 3 nitrogen and oxygen atoms in total. The molecular formula is C11H22N2OS. The van der Waals surface area contributed by atoms with Crippen LogP contribution in [0.2, 0.25) is 0 Å². The van der Waals surface area contributed by atoms with E-state index in [1.165, 1.54) is 12.8 Å². The van der Waals surface area contributed by atoms with Crippen LogP contribution in [-0.4, -0.2) is 31.4 Å². The first-order valence-electron chi connectivity index (χ1n) is 5.78. The fourth-order valence-corrected chi connectivity index (χ4v) is 1.73. The highest BCUT2D eigenvalue weighted by molar-refractivity contribution is 7.80. The average Bonchev–Trinajstić information content (AvgIpc) is 2.25. The lowest BCUT2D eigenvalue weighted by atomic mass is 10.0. The number of rotatable bonds is 4. The summed E-state index contributed by atoms with van der Waals surface area (Å²) in [5.41, 5.74) is 0. The van der Waals surface area contributed by atoms with Crippen molar-refractivity contribution in [3.63, 3.8) is 0 Å². The van der Waals surface area contributed by atoms with Gasteiger partial charge < -0.3 is 15.4 Å². The van der Waals surface area contributed by atoms with Crippen molar-refractivity contribution < 1.29 is 4.74 Å². The smallest absolute Gasteiger partial charge is 0.166 e. The molecule has 1 aliphatic heterocycles. The summed E-state index contributed by atoms with van der Waals surface area (Å²) in [4.78, 5) is 0. The van der Waals surface area contributed by atoms with Crippen LogP contribution < -0.4 is 10.6 Å². The average molecular weight is 230 g/mol. The first-order valence-corrected chi connectivity index (χ1v) is 6.18. The number of hydrogen-bond acceptors (Lipinski definition) is 2. The highest BCUT2D eigenvalue weighted by Gasteiger charge is 2.13. The summed E-state index contributed by atoms with van der Waals surface area (Å²) < 4.78 is 5.41. The molecule has 0 aliphatic carbocycles. The van der Waals surface area contributed by atoms with E-state index in [0.29, 0.717) is 11.8 Å². The van der Waals surface area contributed by atoms with Crippen molar-refractivity contribution in [1.82, 2.24) is 10.6 Å². The standard InChI is InChI=1S/C11H22N2OS/c1-9(2)6-12-11(15)13-7-10-4-3-5-14-8-10/h9-10H,3-8H2,1-2H3,(H2,12,13,15). The maximum absolute atomic E-state index is 5.41. The Bertz CT molecular complexity index is 191. The summed E-state index contributed by atoms with van der Waals surface area (Å²) in [5.74, 6) is 1.25. The minimum absolute atomic E-state index is 0.623. The molecule has 1 rings (SSSR count). The predicted octanol–water partition coefficient (Wildman–Crippen LogP) is 1.53. The van der Waals surface area contributed by atoms with Crippen molar-refractivity contribution in [2.24, 2.45) is 11.8 Å². The van der Waals surface area contributed by atoms with E-state index in [2.05, 4.69) is 24.5 Å². The molecule has 0 amide bonds. The number of ether oxygens (including phenoxy) is 1. The van der Waals surface area contributed by atoms with Crippen LogP contribution in [0, 0.1) is 11.8 Å². The largest absolute Gasteiger partial charge is 0.381 e. The van der Waals surface area contributed by atoms with Gasteiger partial charge in [0.1, 0.15) is 0 Å². The van der Waals surface area contributed by atoms with E-state index in [0.717, 1.165) is 31.4 Å². The van der Waals surface area contributed by atoms with Crippen molar-refractivity contribution in [1.29, 1.82) is 0 Å². The lowest BCUT2D eigenvalue weighted by molar-refractivity contribution is 0.0565. The summed E-state index contributed by atoms with van der Waals surface area (Å²) in [5, 5.41) is 7.22. The summed E-state index contributed by atoms with van der Waals surface area (Å²) in [6.07, 6.45) is 2.43. The molecule has 1 aliphatic rings. The summed E-state index contributed by atoms with van der Waals surface area (Å²) in [7, 11) is 0. The molecule has 0 radical (unpaired) electrons. The lowest BCUT2D eigenvalue weighted by Crippen LogP contribution is -2.40. The third-order valence-corrected chi connectivity index (χ3v) is 2.77. The zero-order valence-corrected chi connectivity index (χ0v) is 10.5. The molecule has 1 unspecified atom stereocenters.